The van der Waals surface area contributed by atoms with Gasteiger partial charge in [-0.1, -0.05) is 51.2 Å². The first-order valence-electron chi connectivity index (χ1n) is 8.36. The minimum atomic E-state index is -1.09. The fourth-order valence-electron chi connectivity index (χ4n) is 2.23. The molecule has 0 aliphatic heterocycles. The van der Waals surface area contributed by atoms with Gasteiger partial charge in [0.2, 0.25) is 0 Å². The van der Waals surface area contributed by atoms with E-state index in [-0.39, 0.29) is 19.8 Å². The van der Waals surface area contributed by atoms with Gasteiger partial charge in [-0.3, -0.25) is 0 Å². The predicted molar refractivity (Wildman–Crippen MR) is 90.1 cm³/mol. The molecule has 126 valence electrons. The van der Waals surface area contributed by atoms with E-state index in [1.807, 2.05) is 12.1 Å². The topological polar surface area (TPSA) is 75.7 Å². The molecule has 0 unspecified atom stereocenters. The summed E-state index contributed by atoms with van der Waals surface area (Å²) in [7, 11) is 0. The van der Waals surface area contributed by atoms with Crippen LogP contribution in [0.1, 0.15) is 51.0 Å². The smallest absolute Gasteiger partial charge is 0.119 e. The molecule has 0 fully saturated rings. The third-order valence-electron chi connectivity index (χ3n) is 3.90. The van der Waals surface area contributed by atoms with Crippen LogP contribution in [0.5, 0.6) is 5.75 Å². The summed E-state index contributed by atoms with van der Waals surface area (Å²) in [5.74, 6) is 0.712. The Balaban J connectivity index is 2.28. The number of nitrogens with two attached hydrogens (primary N) is 1. The first-order chi connectivity index (χ1) is 10.6. The van der Waals surface area contributed by atoms with Crippen molar-refractivity contribution in [3.63, 3.8) is 0 Å². The second-order valence-corrected chi connectivity index (χ2v) is 6.13. The number of hydrogen-bond donors (Lipinski definition) is 3. The summed E-state index contributed by atoms with van der Waals surface area (Å²) in [5, 5.41) is 18.2. The predicted octanol–water partition coefficient (Wildman–Crippen LogP) is 2.65. The van der Waals surface area contributed by atoms with Crippen molar-refractivity contribution in [1.29, 1.82) is 0 Å². The lowest BCUT2D eigenvalue weighted by Crippen LogP contribution is -2.52. The number of rotatable bonds is 12. The first kappa shape index (κ1) is 18.9. The lowest BCUT2D eigenvalue weighted by atomic mass is 10.0. The van der Waals surface area contributed by atoms with Gasteiger partial charge in [-0.25, -0.2) is 0 Å². The van der Waals surface area contributed by atoms with Crippen LogP contribution in [0.3, 0.4) is 0 Å². The van der Waals surface area contributed by atoms with Crippen LogP contribution < -0.4 is 10.5 Å². The van der Waals surface area contributed by atoms with Crippen molar-refractivity contribution in [3.8, 4) is 5.75 Å². The average Bonchev–Trinajstić information content (AvgIpc) is 2.57. The van der Waals surface area contributed by atoms with Gasteiger partial charge in [-0.15, -0.1) is 0 Å². The molecule has 4 heteroatoms. The Morgan fingerprint density at radius 2 is 1.55 bits per heavy atom. The highest BCUT2D eigenvalue weighted by Crippen LogP contribution is 2.16. The summed E-state index contributed by atoms with van der Waals surface area (Å²) in [5.41, 5.74) is 5.99. The summed E-state index contributed by atoms with van der Waals surface area (Å²) in [6.07, 6.45) is 8.93. The van der Waals surface area contributed by atoms with Crippen LogP contribution >= 0.6 is 0 Å². The molecule has 0 aliphatic carbocycles. The fraction of sp³-hybridized carbons (Fsp3) is 0.667. The minimum absolute atomic E-state index is 0.0940. The molecule has 1 rings (SSSR count). The molecule has 0 spiro atoms. The van der Waals surface area contributed by atoms with Crippen LogP contribution in [0, 0.1) is 0 Å². The summed E-state index contributed by atoms with van der Waals surface area (Å²) >= 11 is 0. The molecule has 0 atom stereocenters. The van der Waals surface area contributed by atoms with Gasteiger partial charge in [0.05, 0.1) is 18.8 Å². The zero-order valence-electron chi connectivity index (χ0n) is 13.8. The van der Waals surface area contributed by atoms with Crippen LogP contribution in [0.15, 0.2) is 24.3 Å². The van der Waals surface area contributed by atoms with E-state index in [2.05, 4.69) is 19.1 Å². The lowest BCUT2D eigenvalue weighted by Gasteiger charge is -2.24. The molecule has 0 aromatic heterocycles. The Morgan fingerprint density at radius 1 is 0.955 bits per heavy atom. The number of benzene rings is 1. The number of hydrogen-bond acceptors (Lipinski definition) is 4. The van der Waals surface area contributed by atoms with Gasteiger partial charge < -0.3 is 20.7 Å². The van der Waals surface area contributed by atoms with Crippen molar-refractivity contribution >= 4 is 0 Å². The molecule has 4 nitrogen and oxygen atoms in total. The van der Waals surface area contributed by atoms with Crippen LogP contribution in [-0.4, -0.2) is 35.6 Å². The maximum Gasteiger partial charge on any atom is 0.119 e. The second-order valence-electron chi connectivity index (χ2n) is 6.13. The second kappa shape index (κ2) is 10.6. The number of aliphatic hydroxyl groups excluding tert-OH is 2. The van der Waals surface area contributed by atoms with Crippen LogP contribution in [0.2, 0.25) is 0 Å². The van der Waals surface area contributed by atoms with E-state index in [0.29, 0.717) is 5.75 Å². The highest BCUT2D eigenvalue weighted by atomic mass is 16.5. The maximum absolute atomic E-state index is 9.12. The normalized spacial score (nSPS) is 11.6. The lowest BCUT2D eigenvalue weighted by molar-refractivity contribution is 0.0785. The van der Waals surface area contributed by atoms with Gasteiger partial charge >= 0.3 is 0 Å². The van der Waals surface area contributed by atoms with Gasteiger partial charge in [0, 0.05) is 0 Å². The Bertz CT molecular complexity index is 388. The molecule has 0 amide bonds. The van der Waals surface area contributed by atoms with Gasteiger partial charge in [0.15, 0.2) is 0 Å². The minimum Gasteiger partial charge on any atom is -0.491 e. The average molecular weight is 309 g/mol. The van der Waals surface area contributed by atoms with E-state index < -0.39 is 5.54 Å². The van der Waals surface area contributed by atoms with Gasteiger partial charge in [-0.05, 0) is 30.5 Å². The quantitative estimate of drug-likeness (QED) is 0.519. The molecule has 0 bridgehead atoms. The van der Waals surface area contributed by atoms with Crippen LogP contribution in [-0.2, 0) is 6.42 Å². The molecule has 22 heavy (non-hydrogen) atoms. The molecular weight excluding hydrogens is 278 g/mol. The van der Waals surface area contributed by atoms with Gasteiger partial charge in [0.25, 0.3) is 0 Å². The Kier molecular flexibility index (Phi) is 9.13. The molecule has 0 heterocycles. The highest BCUT2D eigenvalue weighted by Gasteiger charge is 2.24. The number of ether oxygens (including phenoxy) is 1. The summed E-state index contributed by atoms with van der Waals surface area (Å²) in [4.78, 5) is 0. The number of aliphatic hydroxyl groups is 2. The molecule has 1 aromatic carbocycles. The Hall–Kier alpha value is -1.10. The van der Waals surface area contributed by atoms with Crippen LogP contribution in [0.25, 0.3) is 0 Å². The number of aryl methyl sites for hydroxylation is 1. The Labute approximate surface area is 134 Å². The van der Waals surface area contributed by atoms with Gasteiger partial charge in [0.1, 0.15) is 12.4 Å². The number of unbranched alkanes of at least 4 members (excludes halogenated alkanes) is 5. The van der Waals surface area contributed by atoms with E-state index in [1.165, 1.54) is 44.1 Å². The van der Waals surface area contributed by atoms with E-state index in [9.17, 15) is 0 Å². The molecule has 0 aliphatic rings. The van der Waals surface area contributed by atoms with Crippen LogP contribution in [0.4, 0.5) is 0 Å². The zero-order chi connectivity index (χ0) is 16.3. The fourth-order valence-corrected chi connectivity index (χ4v) is 2.23. The standard InChI is InChI=1S/C18H31NO3/c1-2-3-4-5-6-7-8-16-9-11-17(12-10-16)22-15-18(19,13-20)14-21/h9-12,20-21H,2-8,13-15,19H2,1H3. The van der Waals surface area contributed by atoms with Crippen molar-refractivity contribution in [2.75, 3.05) is 19.8 Å². The maximum atomic E-state index is 9.12. The first-order valence-corrected chi connectivity index (χ1v) is 8.36. The summed E-state index contributed by atoms with van der Waals surface area (Å²) in [6.45, 7) is 1.72. The highest BCUT2D eigenvalue weighted by molar-refractivity contribution is 5.27. The van der Waals surface area contributed by atoms with E-state index in [1.54, 1.807) is 0 Å². The third kappa shape index (κ3) is 7.25. The van der Waals surface area contributed by atoms with E-state index in [4.69, 9.17) is 20.7 Å². The van der Waals surface area contributed by atoms with Crippen molar-refractivity contribution in [3.05, 3.63) is 29.8 Å². The zero-order valence-corrected chi connectivity index (χ0v) is 13.8. The van der Waals surface area contributed by atoms with Crippen molar-refractivity contribution in [1.82, 2.24) is 0 Å². The molecule has 0 saturated carbocycles. The largest absolute Gasteiger partial charge is 0.491 e. The van der Waals surface area contributed by atoms with Crippen molar-refractivity contribution < 1.29 is 14.9 Å². The van der Waals surface area contributed by atoms with E-state index in [0.717, 1.165) is 6.42 Å². The molecule has 1 aromatic rings. The molecule has 0 radical (unpaired) electrons. The monoisotopic (exact) mass is 309 g/mol. The molecule has 4 N–H and O–H groups in total. The molecular formula is C18H31NO3. The van der Waals surface area contributed by atoms with Gasteiger partial charge in [-0.2, -0.15) is 0 Å². The Morgan fingerprint density at radius 3 is 2.14 bits per heavy atom. The van der Waals surface area contributed by atoms with Crippen molar-refractivity contribution in [2.24, 2.45) is 5.73 Å². The summed E-state index contributed by atoms with van der Waals surface area (Å²) in [6, 6.07) is 7.97. The third-order valence-corrected chi connectivity index (χ3v) is 3.90. The van der Waals surface area contributed by atoms with Crippen molar-refractivity contribution in [2.45, 2.75) is 57.4 Å². The molecule has 0 saturated heterocycles. The van der Waals surface area contributed by atoms with E-state index >= 15 is 0 Å². The SMILES string of the molecule is CCCCCCCCc1ccc(OCC(N)(CO)CO)cc1. The summed E-state index contributed by atoms with van der Waals surface area (Å²) < 4.78 is 5.53.